The molecule has 3 N–H and O–H groups in total. The van der Waals surface area contributed by atoms with Crippen LogP contribution in [0.2, 0.25) is 0 Å². The van der Waals surface area contributed by atoms with Crippen molar-refractivity contribution in [2.75, 3.05) is 13.2 Å². The van der Waals surface area contributed by atoms with Crippen LogP contribution < -0.4 is 10.0 Å². The number of amides is 1. The summed E-state index contributed by atoms with van der Waals surface area (Å²) in [6.45, 7) is -0.370. The van der Waals surface area contributed by atoms with E-state index in [1.54, 1.807) is 0 Å². The quantitative estimate of drug-likeness (QED) is 0.699. The Kier molecular flexibility index (Phi) is 5.36. The molecule has 1 aromatic rings. The molecule has 0 atom stereocenters. The van der Waals surface area contributed by atoms with Gasteiger partial charge in [0.15, 0.2) is 0 Å². The van der Waals surface area contributed by atoms with Crippen molar-refractivity contribution in [2.24, 2.45) is 0 Å². The molecule has 1 aromatic carbocycles. The molecule has 7 nitrogen and oxygen atoms in total. The Morgan fingerprint density at radius 2 is 1.87 bits per heavy atom. The minimum absolute atomic E-state index is 0.0124. The van der Waals surface area contributed by atoms with Crippen molar-refractivity contribution in [3.63, 3.8) is 0 Å². The van der Waals surface area contributed by atoms with Gasteiger partial charge in [0.25, 0.3) is 5.91 Å². The van der Waals surface area contributed by atoms with E-state index in [1.165, 1.54) is 24.3 Å². The molecule has 2 rings (SSSR count). The third-order valence-electron chi connectivity index (χ3n) is 3.85. The van der Waals surface area contributed by atoms with Gasteiger partial charge in [-0.2, -0.15) is 5.26 Å². The van der Waals surface area contributed by atoms with Gasteiger partial charge in [0.2, 0.25) is 10.0 Å². The fourth-order valence-corrected chi connectivity index (χ4v) is 3.60. The molecule has 1 aliphatic carbocycles. The van der Waals surface area contributed by atoms with E-state index in [0.29, 0.717) is 18.4 Å². The molecule has 1 amide bonds. The molecule has 1 saturated carbocycles. The van der Waals surface area contributed by atoms with Crippen molar-refractivity contribution in [1.29, 1.82) is 5.26 Å². The zero-order valence-electron chi connectivity index (χ0n) is 12.6. The first-order valence-corrected chi connectivity index (χ1v) is 8.85. The van der Waals surface area contributed by atoms with Crippen LogP contribution >= 0.6 is 0 Å². The molecule has 0 radical (unpaired) electrons. The Hall–Kier alpha value is -1.95. The SMILES string of the molecule is N#CC1(NC(=O)c2ccc(S(=O)(=O)NCCO)cc2)CCCC1. The van der Waals surface area contributed by atoms with Crippen LogP contribution in [0.25, 0.3) is 0 Å². The van der Waals surface area contributed by atoms with Gasteiger partial charge in [-0.05, 0) is 49.9 Å². The van der Waals surface area contributed by atoms with Crippen LogP contribution in [-0.4, -0.2) is 38.1 Å². The average molecular weight is 337 g/mol. The standard InChI is InChI=1S/C15H19N3O4S/c16-11-15(7-1-2-8-15)18-14(20)12-3-5-13(6-4-12)23(21,22)17-9-10-19/h3-6,17,19H,1-2,7-10H2,(H,18,20). The summed E-state index contributed by atoms with van der Waals surface area (Å²) in [4.78, 5) is 12.2. The number of nitriles is 1. The number of carbonyl (C=O) groups excluding carboxylic acids is 1. The minimum atomic E-state index is -3.70. The van der Waals surface area contributed by atoms with Crippen molar-refractivity contribution in [3.05, 3.63) is 29.8 Å². The lowest BCUT2D eigenvalue weighted by molar-refractivity contribution is 0.0920. The maximum Gasteiger partial charge on any atom is 0.252 e. The van der Waals surface area contributed by atoms with E-state index >= 15 is 0 Å². The average Bonchev–Trinajstić information content (AvgIpc) is 3.02. The van der Waals surface area contributed by atoms with Crippen LogP contribution in [0.3, 0.4) is 0 Å². The van der Waals surface area contributed by atoms with Crippen LogP contribution in [0.1, 0.15) is 36.0 Å². The summed E-state index contributed by atoms with van der Waals surface area (Å²) < 4.78 is 26.0. The number of nitrogens with one attached hydrogen (secondary N) is 2. The third-order valence-corrected chi connectivity index (χ3v) is 5.33. The van der Waals surface area contributed by atoms with E-state index in [-0.39, 0.29) is 24.0 Å². The zero-order chi connectivity index (χ0) is 16.9. The van der Waals surface area contributed by atoms with E-state index in [9.17, 15) is 18.5 Å². The molecule has 0 heterocycles. The molecular weight excluding hydrogens is 318 g/mol. The first-order chi connectivity index (χ1) is 10.9. The fraction of sp³-hybridized carbons (Fsp3) is 0.467. The predicted molar refractivity (Wildman–Crippen MR) is 83.0 cm³/mol. The largest absolute Gasteiger partial charge is 0.395 e. The van der Waals surface area contributed by atoms with Crippen LogP contribution in [0, 0.1) is 11.3 Å². The second-order valence-corrected chi connectivity index (χ2v) is 7.27. The van der Waals surface area contributed by atoms with Crippen molar-refractivity contribution >= 4 is 15.9 Å². The van der Waals surface area contributed by atoms with Crippen LogP contribution in [-0.2, 0) is 10.0 Å². The van der Waals surface area contributed by atoms with Crippen molar-refractivity contribution in [2.45, 2.75) is 36.1 Å². The molecule has 124 valence electrons. The number of carbonyl (C=O) groups is 1. The van der Waals surface area contributed by atoms with Gasteiger partial charge in [-0.3, -0.25) is 4.79 Å². The number of rotatable bonds is 6. The molecule has 0 aliphatic heterocycles. The Labute approximate surface area is 135 Å². The summed E-state index contributed by atoms with van der Waals surface area (Å²) in [6, 6.07) is 7.63. The lowest BCUT2D eigenvalue weighted by Crippen LogP contribution is -2.45. The molecule has 8 heteroatoms. The number of sulfonamides is 1. The molecule has 1 aliphatic rings. The Balaban J connectivity index is 2.10. The fourth-order valence-electron chi connectivity index (χ4n) is 2.58. The molecular formula is C15H19N3O4S. The third kappa shape index (κ3) is 4.07. The number of benzene rings is 1. The monoisotopic (exact) mass is 337 g/mol. The van der Waals surface area contributed by atoms with E-state index in [1.807, 2.05) is 0 Å². The van der Waals surface area contributed by atoms with E-state index in [0.717, 1.165) is 12.8 Å². The van der Waals surface area contributed by atoms with E-state index in [2.05, 4.69) is 16.1 Å². The van der Waals surface area contributed by atoms with Gasteiger partial charge in [0.05, 0.1) is 17.6 Å². The Morgan fingerprint density at radius 1 is 1.26 bits per heavy atom. The van der Waals surface area contributed by atoms with Gasteiger partial charge in [-0.25, -0.2) is 13.1 Å². The van der Waals surface area contributed by atoms with Gasteiger partial charge in [-0.15, -0.1) is 0 Å². The number of aliphatic hydroxyl groups excluding tert-OH is 1. The second kappa shape index (κ2) is 7.08. The minimum Gasteiger partial charge on any atom is -0.395 e. The van der Waals surface area contributed by atoms with Gasteiger partial charge in [0, 0.05) is 12.1 Å². The molecule has 0 saturated heterocycles. The van der Waals surface area contributed by atoms with Crippen LogP contribution in [0.4, 0.5) is 0 Å². The summed E-state index contributed by atoms with van der Waals surface area (Å²) in [5.41, 5.74) is -0.516. The smallest absolute Gasteiger partial charge is 0.252 e. The molecule has 0 bridgehead atoms. The van der Waals surface area contributed by atoms with Crippen LogP contribution in [0.5, 0.6) is 0 Å². The normalized spacial score (nSPS) is 16.7. The molecule has 0 spiro atoms. The zero-order valence-corrected chi connectivity index (χ0v) is 13.4. The van der Waals surface area contributed by atoms with Crippen molar-refractivity contribution in [1.82, 2.24) is 10.0 Å². The summed E-state index contributed by atoms with van der Waals surface area (Å²) in [5.74, 6) is -0.388. The van der Waals surface area contributed by atoms with Crippen molar-refractivity contribution in [3.8, 4) is 6.07 Å². The van der Waals surface area contributed by atoms with E-state index < -0.39 is 15.6 Å². The maximum absolute atomic E-state index is 12.2. The maximum atomic E-state index is 12.2. The van der Waals surface area contributed by atoms with Gasteiger partial charge in [0.1, 0.15) is 5.54 Å². The molecule has 0 unspecified atom stereocenters. The first-order valence-electron chi connectivity index (χ1n) is 7.37. The van der Waals surface area contributed by atoms with E-state index in [4.69, 9.17) is 5.11 Å². The Bertz CT molecular complexity index is 701. The van der Waals surface area contributed by atoms with Gasteiger partial charge in [-0.1, -0.05) is 0 Å². The number of aliphatic hydroxyl groups is 1. The predicted octanol–water partition coefficient (Wildman–Crippen LogP) is 0.523. The number of nitrogens with zero attached hydrogens (tertiary/aromatic N) is 1. The van der Waals surface area contributed by atoms with Crippen LogP contribution in [0.15, 0.2) is 29.2 Å². The highest BCUT2D eigenvalue weighted by atomic mass is 32.2. The highest BCUT2D eigenvalue weighted by Gasteiger charge is 2.35. The summed E-state index contributed by atoms with van der Waals surface area (Å²) in [7, 11) is -3.70. The topological polar surface area (TPSA) is 119 Å². The van der Waals surface area contributed by atoms with Gasteiger partial charge < -0.3 is 10.4 Å². The summed E-state index contributed by atoms with van der Waals surface area (Å²) >= 11 is 0. The highest BCUT2D eigenvalue weighted by molar-refractivity contribution is 7.89. The Morgan fingerprint density at radius 3 is 2.39 bits per heavy atom. The van der Waals surface area contributed by atoms with Gasteiger partial charge >= 0.3 is 0 Å². The number of hydrogen-bond acceptors (Lipinski definition) is 5. The lowest BCUT2D eigenvalue weighted by atomic mass is 9.99. The molecule has 23 heavy (non-hydrogen) atoms. The molecule has 1 fully saturated rings. The highest BCUT2D eigenvalue weighted by Crippen LogP contribution is 2.29. The first kappa shape index (κ1) is 17.4. The summed E-state index contributed by atoms with van der Waals surface area (Å²) in [5, 5.41) is 20.7. The number of hydrogen-bond donors (Lipinski definition) is 3. The lowest BCUT2D eigenvalue weighted by Gasteiger charge is -2.22. The summed E-state index contributed by atoms with van der Waals surface area (Å²) in [6.07, 6.45) is 3.07. The molecule has 0 aromatic heterocycles. The second-order valence-electron chi connectivity index (χ2n) is 5.50. The van der Waals surface area contributed by atoms with Crippen molar-refractivity contribution < 1.29 is 18.3 Å².